The molecule has 1 atom stereocenters. The first-order valence-electron chi connectivity index (χ1n) is 14.2. The normalized spacial score (nSPS) is 23.3. The number of carbonyl (C=O) groups excluding carboxylic acids is 2. The summed E-state index contributed by atoms with van der Waals surface area (Å²) in [7, 11) is 0. The number of aliphatic hydroxyl groups excluding tert-OH is 1. The smallest absolute Gasteiger partial charge is 0.339 e. The van der Waals surface area contributed by atoms with Crippen LogP contribution in [0, 0.1) is 0 Å². The number of nitrogens with zero attached hydrogens (tertiary/aromatic N) is 4. The summed E-state index contributed by atoms with van der Waals surface area (Å²) >= 11 is 0. The van der Waals surface area contributed by atoms with Gasteiger partial charge in [0.1, 0.15) is 17.0 Å². The molecular weight excluding hydrogens is 550 g/mol. The van der Waals surface area contributed by atoms with Crippen molar-refractivity contribution in [3.8, 4) is 11.5 Å². The average molecular weight is 582 g/mol. The molecule has 0 spiro atoms. The van der Waals surface area contributed by atoms with E-state index in [0.29, 0.717) is 28.5 Å². The van der Waals surface area contributed by atoms with Crippen LogP contribution >= 0.6 is 0 Å². The van der Waals surface area contributed by atoms with E-state index in [1.807, 2.05) is 50.2 Å². The maximum Gasteiger partial charge on any atom is 0.339 e. The molecule has 8 rings (SSSR count). The van der Waals surface area contributed by atoms with Crippen LogP contribution < -0.4 is 16.0 Å². The highest BCUT2D eigenvalue weighted by atomic mass is 16.6. The molecule has 43 heavy (non-hydrogen) atoms. The van der Waals surface area contributed by atoms with E-state index < -0.39 is 11.6 Å². The number of anilines is 3. The molecule has 0 saturated heterocycles. The van der Waals surface area contributed by atoms with Crippen molar-refractivity contribution in [2.75, 3.05) is 17.2 Å². The van der Waals surface area contributed by atoms with Gasteiger partial charge < -0.3 is 30.3 Å². The topological polar surface area (TPSA) is 164 Å². The fourth-order valence-electron chi connectivity index (χ4n) is 6.64. The Balaban J connectivity index is 1.20. The number of benzene rings is 2. The summed E-state index contributed by atoms with van der Waals surface area (Å²) in [6, 6.07) is 14.4. The largest absolute Gasteiger partial charge is 0.451 e. The lowest BCUT2D eigenvalue weighted by Crippen LogP contribution is -2.76. The fourth-order valence-corrected chi connectivity index (χ4v) is 6.64. The molecule has 3 heterocycles. The third-order valence-electron chi connectivity index (χ3n) is 8.58. The van der Waals surface area contributed by atoms with Gasteiger partial charge in [0.2, 0.25) is 11.9 Å². The highest BCUT2D eigenvalue weighted by Crippen LogP contribution is 2.67. The Morgan fingerprint density at radius 1 is 1.07 bits per heavy atom. The Bertz CT molecular complexity index is 1730. The first-order chi connectivity index (χ1) is 20.6. The van der Waals surface area contributed by atoms with Gasteiger partial charge in [-0.3, -0.25) is 4.79 Å². The molecule has 2 bridgehead atoms. The second-order valence-corrected chi connectivity index (χ2v) is 12.2. The van der Waals surface area contributed by atoms with E-state index in [1.165, 1.54) is 6.92 Å². The van der Waals surface area contributed by atoms with Crippen LogP contribution in [0.2, 0.25) is 0 Å². The number of carbonyl (C=O) groups is 2. The summed E-state index contributed by atoms with van der Waals surface area (Å²) in [6.07, 6.45) is 3.92. The quantitative estimate of drug-likeness (QED) is 0.210. The standard InChI is InChI=1S/C31H31N7O5/c1-17(40)37-31-14-30(15-31,16-31)27-36-25(43-38-27)21-12-32-28(35-24(21)34-23(13-39)18-7-5-4-6-8-18)33-19-9-10-20-22(11-19)29(2,3)42-26(20)41/h4-12,23,39H,13-16H2,1-3H3,(H,37,40)(H2,32,33,34,35). The number of ether oxygens (including phenoxy) is 1. The summed E-state index contributed by atoms with van der Waals surface area (Å²) in [5, 5.41) is 24.1. The molecule has 1 aliphatic heterocycles. The minimum Gasteiger partial charge on any atom is -0.451 e. The molecule has 0 radical (unpaired) electrons. The number of hydrogen-bond acceptors (Lipinski definition) is 11. The van der Waals surface area contributed by atoms with Gasteiger partial charge in [-0.2, -0.15) is 9.97 Å². The number of rotatable bonds is 9. The summed E-state index contributed by atoms with van der Waals surface area (Å²) < 4.78 is 11.2. The maximum absolute atomic E-state index is 12.2. The molecule has 2 aromatic heterocycles. The van der Waals surface area contributed by atoms with Crippen molar-refractivity contribution in [2.24, 2.45) is 0 Å². The van der Waals surface area contributed by atoms with Crippen LogP contribution in [0.4, 0.5) is 17.5 Å². The van der Waals surface area contributed by atoms with Gasteiger partial charge in [0.05, 0.1) is 18.2 Å². The monoisotopic (exact) mass is 581 g/mol. The van der Waals surface area contributed by atoms with E-state index in [2.05, 4.69) is 26.1 Å². The third-order valence-corrected chi connectivity index (χ3v) is 8.58. The Hall–Kier alpha value is -4.84. The van der Waals surface area contributed by atoms with E-state index in [4.69, 9.17) is 19.2 Å². The summed E-state index contributed by atoms with van der Waals surface area (Å²) in [5.41, 5.74) is 2.23. The second kappa shape index (κ2) is 9.60. The highest BCUT2D eigenvalue weighted by molar-refractivity contribution is 5.95. The number of cyclic esters (lactones) is 1. The lowest BCUT2D eigenvalue weighted by molar-refractivity contribution is -0.137. The zero-order valence-electron chi connectivity index (χ0n) is 24.0. The lowest BCUT2D eigenvalue weighted by Gasteiger charge is -2.68. The summed E-state index contributed by atoms with van der Waals surface area (Å²) in [5.74, 6) is 1.14. The number of aliphatic hydroxyl groups is 1. The van der Waals surface area contributed by atoms with Crippen LogP contribution in [0.3, 0.4) is 0 Å². The molecular formula is C31H31N7O5. The average Bonchev–Trinajstić information content (AvgIpc) is 3.51. The van der Waals surface area contributed by atoms with Crippen molar-refractivity contribution in [3.63, 3.8) is 0 Å². The molecule has 4 aromatic rings. The highest BCUT2D eigenvalue weighted by Gasteiger charge is 2.71. The minimum atomic E-state index is -0.747. The van der Waals surface area contributed by atoms with Crippen LogP contribution in [0.5, 0.6) is 0 Å². The molecule has 12 heteroatoms. The summed E-state index contributed by atoms with van der Waals surface area (Å²) in [6.45, 7) is 5.03. The molecule has 4 aliphatic rings. The van der Waals surface area contributed by atoms with Crippen molar-refractivity contribution < 1.29 is 24.0 Å². The molecule has 220 valence electrons. The van der Waals surface area contributed by atoms with Crippen molar-refractivity contribution in [2.45, 2.75) is 62.6 Å². The Labute approximate surface area is 247 Å². The molecule has 3 aliphatic carbocycles. The Kier molecular flexibility index (Phi) is 6.03. The second-order valence-electron chi connectivity index (χ2n) is 12.2. The van der Waals surface area contributed by atoms with Gasteiger partial charge in [-0.1, -0.05) is 35.5 Å². The zero-order valence-corrected chi connectivity index (χ0v) is 24.0. The maximum atomic E-state index is 12.2. The van der Waals surface area contributed by atoms with Crippen molar-refractivity contribution in [3.05, 3.63) is 77.2 Å². The third kappa shape index (κ3) is 4.58. The molecule has 4 N–H and O–H groups in total. The fraction of sp³-hybridized carbons (Fsp3) is 0.355. The first-order valence-corrected chi connectivity index (χ1v) is 14.2. The molecule has 3 saturated carbocycles. The molecule has 2 aromatic carbocycles. The van der Waals surface area contributed by atoms with Crippen LogP contribution in [0.25, 0.3) is 11.5 Å². The van der Waals surface area contributed by atoms with Gasteiger partial charge in [-0.05, 0) is 56.9 Å². The van der Waals surface area contributed by atoms with Gasteiger partial charge in [0, 0.05) is 35.3 Å². The number of amides is 1. The minimum absolute atomic E-state index is 0.0362. The Morgan fingerprint density at radius 3 is 2.56 bits per heavy atom. The van der Waals surface area contributed by atoms with Crippen molar-refractivity contribution in [1.29, 1.82) is 0 Å². The number of nitrogens with one attached hydrogen (secondary N) is 3. The SMILES string of the molecule is CC(=O)NC12CC(c3noc(-c4cnc(Nc5ccc6c(c5)C(C)(C)OC6=O)nc4NC(CO)c4ccccc4)n3)(C1)C2. The van der Waals surface area contributed by atoms with Gasteiger partial charge in [0.15, 0.2) is 5.82 Å². The van der Waals surface area contributed by atoms with E-state index in [-0.39, 0.29) is 41.3 Å². The molecule has 1 amide bonds. The molecule has 3 fully saturated rings. The molecule has 12 nitrogen and oxygen atoms in total. The number of fused-ring (bicyclic) bond motifs is 1. The van der Waals surface area contributed by atoms with E-state index in [1.54, 1.807) is 18.3 Å². The van der Waals surface area contributed by atoms with Gasteiger partial charge in [-0.25, -0.2) is 9.78 Å². The van der Waals surface area contributed by atoms with Crippen molar-refractivity contribution in [1.82, 2.24) is 25.4 Å². The van der Waals surface area contributed by atoms with Crippen LogP contribution in [-0.2, 0) is 20.5 Å². The zero-order chi connectivity index (χ0) is 30.0. The lowest BCUT2D eigenvalue weighted by atomic mass is 9.39. The number of hydrogen-bond donors (Lipinski definition) is 4. The van der Waals surface area contributed by atoms with Crippen LogP contribution in [0.1, 0.15) is 73.4 Å². The summed E-state index contributed by atoms with van der Waals surface area (Å²) in [4.78, 5) is 37.8. The predicted octanol–water partition coefficient (Wildman–Crippen LogP) is 4.13. The van der Waals surface area contributed by atoms with Crippen molar-refractivity contribution >= 4 is 29.3 Å². The van der Waals surface area contributed by atoms with Crippen LogP contribution in [-0.4, -0.2) is 49.2 Å². The molecule has 1 unspecified atom stereocenters. The van der Waals surface area contributed by atoms with Gasteiger partial charge in [-0.15, -0.1) is 0 Å². The van der Waals surface area contributed by atoms with E-state index >= 15 is 0 Å². The Morgan fingerprint density at radius 2 is 1.84 bits per heavy atom. The van der Waals surface area contributed by atoms with E-state index in [0.717, 1.165) is 30.4 Å². The van der Waals surface area contributed by atoms with Gasteiger partial charge >= 0.3 is 5.97 Å². The van der Waals surface area contributed by atoms with E-state index in [9.17, 15) is 14.7 Å². The number of aromatic nitrogens is 4. The predicted molar refractivity (Wildman–Crippen MR) is 155 cm³/mol. The number of esters is 1. The first kappa shape index (κ1) is 27.0. The van der Waals surface area contributed by atoms with Crippen LogP contribution in [0.15, 0.2) is 59.3 Å². The van der Waals surface area contributed by atoms with Gasteiger partial charge in [0.25, 0.3) is 5.89 Å².